The third-order valence-corrected chi connectivity index (χ3v) is 3.94. The number of rotatable bonds is 5. The summed E-state index contributed by atoms with van der Waals surface area (Å²) in [6, 6.07) is -0.0710. The summed E-state index contributed by atoms with van der Waals surface area (Å²) < 4.78 is 7.23. The molecule has 1 amide bonds. The first-order chi connectivity index (χ1) is 9.88. The lowest BCUT2D eigenvalue weighted by atomic mass is 10.1. The topological polar surface area (TPSA) is 93.5 Å². The quantitative estimate of drug-likeness (QED) is 0.837. The minimum absolute atomic E-state index is 0.0710. The Bertz CT molecular complexity index is 553. The van der Waals surface area contributed by atoms with E-state index in [4.69, 9.17) is 9.84 Å². The molecule has 0 saturated heterocycles. The molecule has 0 aromatic carbocycles. The van der Waals surface area contributed by atoms with Crippen LogP contribution in [0.1, 0.15) is 30.7 Å². The smallest absolute Gasteiger partial charge is 0.306 e. The van der Waals surface area contributed by atoms with Crippen LogP contribution in [-0.2, 0) is 16.6 Å². The summed E-state index contributed by atoms with van der Waals surface area (Å²) in [5.41, 5.74) is 1.61. The molecule has 2 N–H and O–H groups in total. The molecule has 7 nitrogen and oxygen atoms in total. The van der Waals surface area contributed by atoms with Crippen molar-refractivity contribution in [2.75, 3.05) is 6.61 Å². The Balaban J connectivity index is 1.82. The van der Waals surface area contributed by atoms with Crippen LogP contribution in [0.2, 0.25) is 0 Å². The number of carbonyl (C=O) groups excluding carboxylic acids is 1. The fourth-order valence-electron chi connectivity index (χ4n) is 2.71. The molecule has 7 heteroatoms. The van der Waals surface area contributed by atoms with Crippen molar-refractivity contribution in [3.63, 3.8) is 0 Å². The lowest BCUT2D eigenvalue weighted by molar-refractivity contribution is -0.141. The molecule has 2 atom stereocenters. The Labute approximate surface area is 123 Å². The summed E-state index contributed by atoms with van der Waals surface area (Å²) >= 11 is 0. The average molecular weight is 295 g/mol. The molecule has 0 bridgehead atoms. The average Bonchev–Trinajstić information content (AvgIpc) is 2.95. The number of hydrogen-bond acceptors (Lipinski definition) is 4. The number of amides is 1. The zero-order valence-electron chi connectivity index (χ0n) is 12.5. The van der Waals surface area contributed by atoms with Crippen LogP contribution in [-0.4, -0.2) is 39.4 Å². The highest BCUT2D eigenvalue weighted by Gasteiger charge is 2.30. The number of carbonyl (C=O) groups is 2. The van der Waals surface area contributed by atoms with Crippen LogP contribution in [0.15, 0.2) is 0 Å². The number of carboxylic acids is 1. The zero-order chi connectivity index (χ0) is 15.6. The molecule has 1 aromatic rings. The van der Waals surface area contributed by atoms with Crippen molar-refractivity contribution in [2.24, 2.45) is 13.0 Å². The van der Waals surface area contributed by atoms with E-state index >= 15 is 0 Å². The molecule has 1 fully saturated rings. The van der Waals surface area contributed by atoms with Gasteiger partial charge in [0.2, 0.25) is 0 Å². The highest BCUT2D eigenvalue weighted by molar-refractivity contribution is 5.78. The number of carboxylic acid groups (broad SMARTS) is 1. The van der Waals surface area contributed by atoms with Crippen LogP contribution in [0.4, 0.5) is 0 Å². The molecular formula is C14H21N3O4. The Morgan fingerprint density at radius 2 is 2.14 bits per heavy atom. The van der Waals surface area contributed by atoms with Gasteiger partial charge in [0.1, 0.15) is 5.69 Å². The summed E-state index contributed by atoms with van der Waals surface area (Å²) in [6.07, 6.45) is 1.81. The summed E-state index contributed by atoms with van der Waals surface area (Å²) in [7, 11) is 1.82. The Morgan fingerprint density at radius 3 is 2.67 bits per heavy atom. The van der Waals surface area contributed by atoms with E-state index in [0.29, 0.717) is 25.0 Å². The predicted molar refractivity (Wildman–Crippen MR) is 75.1 cm³/mol. The third-order valence-electron chi connectivity index (χ3n) is 3.94. The maximum atomic E-state index is 11.9. The fraction of sp³-hybridized carbons (Fsp3) is 0.643. The Kier molecular flexibility index (Phi) is 4.50. The molecule has 1 aromatic heterocycles. The number of nitrogens with zero attached hydrogens (tertiary/aromatic N) is 2. The van der Waals surface area contributed by atoms with Crippen molar-refractivity contribution in [3.8, 4) is 5.75 Å². The molecule has 116 valence electrons. The predicted octanol–water partition coefficient (Wildman–Crippen LogP) is 0.785. The van der Waals surface area contributed by atoms with Gasteiger partial charge in [-0.05, 0) is 33.1 Å². The number of hydrogen-bond donors (Lipinski definition) is 2. The van der Waals surface area contributed by atoms with Gasteiger partial charge in [-0.15, -0.1) is 0 Å². The third kappa shape index (κ3) is 3.53. The van der Waals surface area contributed by atoms with Gasteiger partial charge in [0, 0.05) is 13.1 Å². The molecule has 21 heavy (non-hydrogen) atoms. The number of nitrogens with one attached hydrogen (secondary N) is 1. The van der Waals surface area contributed by atoms with Crippen molar-refractivity contribution >= 4 is 11.9 Å². The van der Waals surface area contributed by atoms with Crippen molar-refractivity contribution in [3.05, 3.63) is 11.4 Å². The molecule has 1 aliphatic rings. The summed E-state index contributed by atoms with van der Waals surface area (Å²) in [6.45, 7) is 3.62. The summed E-state index contributed by atoms with van der Waals surface area (Å²) in [4.78, 5) is 22.7. The van der Waals surface area contributed by atoms with Gasteiger partial charge in [0.15, 0.2) is 12.4 Å². The number of aromatic nitrogens is 2. The molecule has 1 heterocycles. The van der Waals surface area contributed by atoms with Gasteiger partial charge in [-0.1, -0.05) is 0 Å². The van der Waals surface area contributed by atoms with Crippen LogP contribution < -0.4 is 10.1 Å². The van der Waals surface area contributed by atoms with Crippen LogP contribution >= 0.6 is 0 Å². The number of aliphatic carboxylic acids is 1. The van der Waals surface area contributed by atoms with Gasteiger partial charge in [0.05, 0.1) is 11.6 Å². The number of ether oxygens (including phenoxy) is 1. The van der Waals surface area contributed by atoms with Crippen LogP contribution in [0.3, 0.4) is 0 Å². The standard InChI is InChI=1S/C14H21N3O4/c1-8-13(9(2)17(3)16-8)21-7-12(18)15-11-5-4-10(6-11)14(19)20/h10-11H,4-7H2,1-3H3,(H,15,18)(H,19,20)/t10-,11+/m1/s1. The van der Waals surface area contributed by atoms with E-state index < -0.39 is 5.97 Å². The normalized spacial score (nSPS) is 21.3. The SMILES string of the molecule is Cc1nn(C)c(C)c1OCC(=O)N[C@H]1CC[C@@H](C(=O)O)C1. The van der Waals surface area contributed by atoms with Gasteiger partial charge in [0.25, 0.3) is 5.91 Å². The first kappa shape index (κ1) is 15.3. The fourth-order valence-corrected chi connectivity index (χ4v) is 2.71. The molecule has 0 aliphatic heterocycles. The van der Waals surface area contributed by atoms with Crippen molar-refractivity contribution in [1.82, 2.24) is 15.1 Å². The highest BCUT2D eigenvalue weighted by atomic mass is 16.5. The van der Waals surface area contributed by atoms with E-state index in [9.17, 15) is 9.59 Å². The van der Waals surface area contributed by atoms with E-state index in [2.05, 4.69) is 10.4 Å². The largest absolute Gasteiger partial charge is 0.481 e. The molecule has 0 radical (unpaired) electrons. The number of aryl methyl sites for hydroxylation is 2. The summed E-state index contributed by atoms with van der Waals surface area (Å²) in [5.74, 6) is -0.736. The van der Waals surface area contributed by atoms with Gasteiger partial charge in [-0.25, -0.2) is 0 Å². The lowest BCUT2D eigenvalue weighted by Gasteiger charge is -2.13. The van der Waals surface area contributed by atoms with Gasteiger partial charge >= 0.3 is 5.97 Å². The van der Waals surface area contributed by atoms with Gasteiger partial charge < -0.3 is 15.2 Å². The lowest BCUT2D eigenvalue weighted by Crippen LogP contribution is -2.36. The van der Waals surface area contributed by atoms with E-state index in [1.807, 2.05) is 20.9 Å². The van der Waals surface area contributed by atoms with Crippen LogP contribution in [0.5, 0.6) is 5.75 Å². The van der Waals surface area contributed by atoms with Crippen LogP contribution in [0, 0.1) is 19.8 Å². The maximum Gasteiger partial charge on any atom is 0.306 e. The van der Waals surface area contributed by atoms with Crippen molar-refractivity contribution < 1.29 is 19.4 Å². The van der Waals surface area contributed by atoms with Crippen molar-refractivity contribution in [2.45, 2.75) is 39.2 Å². The molecular weight excluding hydrogens is 274 g/mol. The maximum absolute atomic E-state index is 11.9. The van der Waals surface area contributed by atoms with Gasteiger partial charge in [-0.3, -0.25) is 14.3 Å². The first-order valence-corrected chi connectivity index (χ1v) is 7.03. The highest BCUT2D eigenvalue weighted by Crippen LogP contribution is 2.25. The van der Waals surface area contributed by atoms with E-state index in [-0.39, 0.29) is 24.5 Å². The minimum atomic E-state index is -0.787. The Hall–Kier alpha value is -2.05. The van der Waals surface area contributed by atoms with E-state index in [0.717, 1.165) is 11.4 Å². The molecule has 1 aliphatic carbocycles. The molecule has 1 saturated carbocycles. The second-order valence-corrected chi connectivity index (χ2v) is 5.52. The molecule has 2 rings (SSSR count). The second kappa shape index (κ2) is 6.15. The summed E-state index contributed by atoms with van der Waals surface area (Å²) in [5, 5.41) is 16.0. The molecule has 0 spiro atoms. The monoisotopic (exact) mass is 295 g/mol. The van der Waals surface area contributed by atoms with Crippen LogP contribution in [0.25, 0.3) is 0 Å². The first-order valence-electron chi connectivity index (χ1n) is 7.03. The van der Waals surface area contributed by atoms with E-state index in [1.54, 1.807) is 4.68 Å². The Morgan fingerprint density at radius 1 is 1.43 bits per heavy atom. The second-order valence-electron chi connectivity index (χ2n) is 5.52. The molecule has 0 unspecified atom stereocenters. The van der Waals surface area contributed by atoms with Crippen molar-refractivity contribution in [1.29, 1.82) is 0 Å². The zero-order valence-corrected chi connectivity index (χ0v) is 12.5. The van der Waals surface area contributed by atoms with E-state index in [1.165, 1.54) is 0 Å². The minimum Gasteiger partial charge on any atom is -0.481 e. The van der Waals surface area contributed by atoms with Gasteiger partial charge in [-0.2, -0.15) is 5.10 Å².